The second kappa shape index (κ2) is 9.62. The van der Waals surface area contributed by atoms with Crippen LogP contribution in [-0.2, 0) is 11.3 Å². The van der Waals surface area contributed by atoms with Crippen molar-refractivity contribution in [3.63, 3.8) is 0 Å². The number of rotatable bonds is 7. The maximum atomic E-state index is 12.6. The van der Waals surface area contributed by atoms with Crippen molar-refractivity contribution >= 4 is 17.7 Å². The number of nitrogens with one attached hydrogen (secondary N) is 1. The van der Waals surface area contributed by atoms with E-state index >= 15 is 0 Å². The number of hydrogen-bond acceptors (Lipinski definition) is 5. The fourth-order valence-corrected chi connectivity index (χ4v) is 4.61. The van der Waals surface area contributed by atoms with Crippen molar-refractivity contribution in [1.29, 1.82) is 0 Å². The van der Waals surface area contributed by atoms with Crippen LogP contribution in [0.1, 0.15) is 33.9 Å². The van der Waals surface area contributed by atoms with Gasteiger partial charge in [-0.1, -0.05) is 42.1 Å². The second-order valence-corrected chi connectivity index (χ2v) is 9.06. The molecule has 0 aliphatic carbocycles. The first-order chi connectivity index (χ1) is 15.8. The molecule has 1 N–H and O–H groups in total. The molecule has 4 aromatic rings. The third kappa shape index (κ3) is 4.85. The van der Waals surface area contributed by atoms with Gasteiger partial charge in [0.1, 0.15) is 5.82 Å². The van der Waals surface area contributed by atoms with Crippen LogP contribution in [-0.4, -0.2) is 36.2 Å². The van der Waals surface area contributed by atoms with Crippen molar-refractivity contribution in [2.45, 2.75) is 46.3 Å². The van der Waals surface area contributed by atoms with E-state index in [1.807, 2.05) is 60.4 Å². The van der Waals surface area contributed by atoms with Crippen LogP contribution in [0.5, 0.6) is 0 Å². The summed E-state index contributed by atoms with van der Waals surface area (Å²) in [5, 5.41) is 16.9. The highest BCUT2D eigenvalue weighted by Crippen LogP contribution is 2.25. The number of carbonyl (C=O) groups excluding carboxylic acids is 1. The van der Waals surface area contributed by atoms with E-state index in [-0.39, 0.29) is 11.7 Å². The number of carbonyl (C=O) groups is 1. The molecule has 2 aromatic heterocycles. The smallest absolute Gasteiger partial charge is 0.230 e. The number of aryl methyl sites for hydroxylation is 4. The summed E-state index contributed by atoms with van der Waals surface area (Å²) >= 11 is 1.39. The van der Waals surface area contributed by atoms with Crippen LogP contribution in [0.4, 0.5) is 0 Å². The number of hydrogen-bond donors (Lipinski definition) is 1. The van der Waals surface area contributed by atoms with Crippen molar-refractivity contribution < 1.29 is 4.79 Å². The summed E-state index contributed by atoms with van der Waals surface area (Å²) in [5.41, 5.74) is 7.32. The molecule has 0 aliphatic heterocycles. The third-order valence-corrected chi connectivity index (χ3v) is 6.57. The molecule has 2 aromatic carbocycles. The first kappa shape index (κ1) is 22.8. The summed E-state index contributed by atoms with van der Waals surface area (Å²) in [5.74, 6) is 0.999. The van der Waals surface area contributed by atoms with Gasteiger partial charge >= 0.3 is 0 Å². The van der Waals surface area contributed by atoms with Gasteiger partial charge in [-0.25, -0.2) is 4.68 Å². The zero-order valence-corrected chi connectivity index (χ0v) is 20.4. The molecule has 0 fully saturated rings. The molecule has 0 atom stereocenters. The van der Waals surface area contributed by atoms with Crippen LogP contribution in [0.3, 0.4) is 0 Å². The molecule has 0 aliphatic rings. The maximum absolute atomic E-state index is 12.6. The summed E-state index contributed by atoms with van der Waals surface area (Å²) in [4.78, 5) is 12.6. The van der Waals surface area contributed by atoms with E-state index < -0.39 is 0 Å². The first-order valence-electron chi connectivity index (χ1n) is 10.8. The van der Waals surface area contributed by atoms with Gasteiger partial charge in [0.25, 0.3) is 0 Å². The van der Waals surface area contributed by atoms with E-state index in [1.165, 1.54) is 17.3 Å². The molecule has 170 valence electrons. The Morgan fingerprint density at radius 1 is 1.00 bits per heavy atom. The van der Waals surface area contributed by atoms with Gasteiger partial charge in [-0.15, -0.1) is 10.2 Å². The number of amides is 1. The first-order valence-corrected chi connectivity index (χ1v) is 11.8. The molecule has 0 spiro atoms. The molecule has 0 saturated heterocycles. The predicted octanol–water partition coefficient (Wildman–Crippen LogP) is 4.40. The van der Waals surface area contributed by atoms with E-state index in [4.69, 9.17) is 0 Å². The summed E-state index contributed by atoms with van der Waals surface area (Å²) in [6, 6.07) is 16.3. The lowest BCUT2D eigenvalue weighted by Crippen LogP contribution is -2.25. The van der Waals surface area contributed by atoms with Crippen molar-refractivity contribution in [2.75, 3.05) is 5.75 Å². The average Bonchev–Trinajstić information content (AvgIpc) is 3.31. The molecule has 7 nitrogen and oxygen atoms in total. The summed E-state index contributed by atoms with van der Waals surface area (Å²) in [7, 11) is 0. The SMILES string of the molecule is Cc1ccc(C)c(-n2c(C)nnc2SCC(=O)NCc2c(C)nn(-c3ccccc3)c2C)c1. The van der Waals surface area contributed by atoms with E-state index in [9.17, 15) is 4.79 Å². The molecule has 0 bridgehead atoms. The van der Waals surface area contributed by atoms with Crippen LogP contribution in [0, 0.1) is 34.6 Å². The Morgan fingerprint density at radius 3 is 2.52 bits per heavy atom. The molecule has 2 heterocycles. The van der Waals surface area contributed by atoms with Crippen LogP contribution in [0.15, 0.2) is 53.7 Å². The molecule has 8 heteroatoms. The van der Waals surface area contributed by atoms with Gasteiger partial charge < -0.3 is 5.32 Å². The molecule has 33 heavy (non-hydrogen) atoms. The fourth-order valence-electron chi connectivity index (χ4n) is 3.79. The summed E-state index contributed by atoms with van der Waals surface area (Å²) in [6.45, 7) is 10.5. The van der Waals surface area contributed by atoms with Crippen molar-refractivity contribution in [1.82, 2.24) is 29.9 Å². The second-order valence-electron chi connectivity index (χ2n) is 8.12. The number of benzene rings is 2. The Kier molecular flexibility index (Phi) is 6.65. The summed E-state index contributed by atoms with van der Waals surface area (Å²) in [6.07, 6.45) is 0. The number of para-hydroxylation sites is 1. The Balaban J connectivity index is 1.43. The number of thioether (sulfide) groups is 1. The molecule has 0 unspecified atom stereocenters. The van der Waals surface area contributed by atoms with Crippen LogP contribution in [0.2, 0.25) is 0 Å². The minimum atomic E-state index is -0.0561. The normalized spacial score (nSPS) is 11.1. The minimum Gasteiger partial charge on any atom is -0.351 e. The zero-order chi connectivity index (χ0) is 23.5. The quantitative estimate of drug-likeness (QED) is 0.414. The summed E-state index contributed by atoms with van der Waals surface area (Å²) < 4.78 is 3.93. The van der Waals surface area contributed by atoms with E-state index in [0.717, 1.165) is 39.7 Å². The Hall–Kier alpha value is -3.39. The monoisotopic (exact) mass is 460 g/mol. The van der Waals surface area contributed by atoms with E-state index in [1.54, 1.807) is 0 Å². The lowest BCUT2D eigenvalue weighted by Gasteiger charge is -2.12. The lowest BCUT2D eigenvalue weighted by atomic mass is 10.1. The highest BCUT2D eigenvalue weighted by molar-refractivity contribution is 7.99. The largest absolute Gasteiger partial charge is 0.351 e. The molecule has 0 radical (unpaired) electrons. The Labute approximate surface area is 198 Å². The molecule has 1 amide bonds. The van der Waals surface area contributed by atoms with E-state index in [2.05, 4.69) is 52.7 Å². The van der Waals surface area contributed by atoms with Crippen LogP contribution >= 0.6 is 11.8 Å². The van der Waals surface area contributed by atoms with Crippen molar-refractivity contribution in [2.24, 2.45) is 0 Å². The number of nitrogens with zero attached hydrogens (tertiary/aromatic N) is 5. The molecular formula is C25H28N6OS. The van der Waals surface area contributed by atoms with Crippen molar-refractivity contribution in [3.8, 4) is 11.4 Å². The lowest BCUT2D eigenvalue weighted by molar-refractivity contribution is -0.118. The maximum Gasteiger partial charge on any atom is 0.230 e. The van der Waals surface area contributed by atoms with Gasteiger partial charge in [0.2, 0.25) is 5.91 Å². The number of aromatic nitrogens is 5. The highest BCUT2D eigenvalue weighted by atomic mass is 32.2. The van der Waals surface area contributed by atoms with Crippen LogP contribution < -0.4 is 5.32 Å². The van der Waals surface area contributed by atoms with Crippen LogP contribution in [0.25, 0.3) is 11.4 Å². The standard InChI is InChI=1S/C25H28N6OS/c1-16-11-12-17(2)23(13-16)30-20(5)27-28-25(30)33-15-24(32)26-14-22-18(3)29-31(19(22)4)21-9-7-6-8-10-21/h6-13H,14-15H2,1-5H3,(H,26,32). The van der Waals surface area contributed by atoms with Crippen molar-refractivity contribution in [3.05, 3.63) is 82.4 Å². The zero-order valence-electron chi connectivity index (χ0n) is 19.6. The Bertz CT molecular complexity index is 1290. The minimum absolute atomic E-state index is 0.0561. The van der Waals surface area contributed by atoms with Gasteiger partial charge in [-0.3, -0.25) is 9.36 Å². The third-order valence-electron chi connectivity index (χ3n) is 5.64. The molecule has 4 rings (SSSR count). The van der Waals surface area contributed by atoms with Gasteiger partial charge in [-0.2, -0.15) is 5.10 Å². The van der Waals surface area contributed by atoms with Gasteiger partial charge in [0, 0.05) is 17.8 Å². The molecule has 0 saturated carbocycles. The van der Waals surface area contributed by atoms with Gasteiger partial charge in [0.15, 0.2) is 5.16 Å². The average molecular weight is 461 g/mol. The van der Waals surface area contributed by atoms with Gasteiger partial charge in [0.05, 0.1) is 22.8 Å². The Morgan fingerprint density at radius 2 is 1.76 bits per heavy atom. The van der Waals surface area contributed by atoms with E-state index in [0.29, 0.717) is 11.7 Å². The topological polar surface area (TPSA) is 77.6 Å². The molecular weight excluding hydrogens is 432 g/mol. The van der Waals surface area contributed by atoms with Gasteiger partial charge in [-0.05, 0) is 63.9 Å². The fraction of sp³-hybridized carbons (Fsp3) is 0.280. The predicted molar refractivity (Wildman–Crippen MR) is 131 cm³/mol. The highest BCUT2D eigenvalue weighted by Gasteiger charge is 2.17.